The summed E-state index contributed by atoms with van der Waals surface area (Å²) in [5, 5.41) is 6.59. The summed E-state index contributed by atoms with van der Waals surface area (Å²) in [5.41, 5.74) is 0.183. The van der Waals surface area contributed by atoms with E-state index in [9.17, 15) is 4.79 Å². The molecule has 3 aliphatic rings. The number of amides is 1. The van der Waals surface area contributed by atoms with Gasteiger partial charge in [-0.1, -0.05) is 19.3 Å². The van der Waals surface area contributed by atoms with E-state index in [1.807, 2.05) is 6.92 Å². The maximum absolute atomic E-state index is 12.6. The van der Waals surface area contributed by atoms with Crippen LogP contribution in [-0.2, 0) is 14.3 Å². The van der Waals surface area contributed by atoms with Gasteiger partial charge in [-0.05, 0) is 33.1 Å². The standard InChI is InChI=1S/C17H30N2O3/c1-3-21-14-11-13(17(14)7-5-4-6-8-17)19-16(20)15-12(2)22-10-9-18-15/h12-15,18H,3-11H2,1-2H3,(H,19,20)/t12-,13?,14?,15+/m1/s1. The second-order valence-corrected chi connectivity index (χ2v) is 7.04. The van der Waals surface area contributed by atoms with E-state index in [-0.39, 0.29) is 29.5 Å². The first-order valence-electron chi connectivity index (χ1n) is 8.94. The Bertz CT molecular complexity index is 395. The minimum absolute atomic E-state index is 0.0566. The Morgan fingerprint density at radius 2 is 2.14 bits per heavy atom. The van der Waals surface area contributed by atoms with Crippen molar-refractivity contribution in [2.24, 2.45) is 5.41 Å². The molecule has 0 aromatic heterocycles. The first kappa shape index (κ1) is 16.2. The maximum Gasteiger partial charge on any atom is 0.240 e. The second-order valence-electron chi connectivity index (χ2n) is 7.04. The summed E-state index contributed by atoms with van der Waals surface area (Å²) >= 11 is 0. The Hall–Kier alpha value is -0.650. The summed E-state index contributed by atoms with van der Waals surface area (Å²) in [6, 6.07) is 0.0494. The molecule has 2 saturated carbocycles. The fourth-order valence-electron chi connectivity index (χ4n) is 4.55. The van der Waals surface area contributed by atoms with Crippen LogP contribution in [0.4, 0.5) is 0 Å². The van der Waals surface area contributed by atoms with Crippen molar-refractivity contribution < 1.29 is 14.3 Å². The predicted molar refractivity (Wildman–Crippen MR) is 84.7 cm³/mol. The van der Waals surface area contributed by atoms with E-state index < -0.39 is 0 Å². The van der Waals surface area contributed by atoms with Crippen LogP contribution in [0, 0.1) is 5.41 Å². The number of carbonyl (C=O) groups is 1. The number of hydrogen-bond donors (Lipinski definition) is 2. The number of morpholine rings is 1. The lowest BCUT2D eigenvalue weighted by Crippen LogP contribution is -2.68. The van der Waals surface area contributed by atoms with E-state index >= 15 is 0 Å². The molecule has 3 fully saturated rings. The monoisotopic (exact) mass is 310 g/mol. The van der Waals surface area contributed by atoms with Crippen LogP contribution in [0.15, 0.2) is 0 Å². The third-order valence-electron chi connectivity index (χ3n) is 5.85. The molecule has 5 nitrogen and oxygen atoms in total. The van der Waals surface area contributed by atoms with Crippen LogP contribution in [0.2, 0.25) is 0 Å². The van der Waals surface area contributed by atoms with Gasteiger partial charge in [-0.15, -0.1) is 0 Å². The van der Waals surface area contributed by atoms with Gasteiger partial charge in [0.05, 0.1) is 18.8 Å². The maximum atomic E-state index is 12.6. The SMILES string of the molecule is CCOC1CC(NC(=O)[C@H]2NCCO[C@@H]2C)C12CCCCC2. The Morgan fingerprint density at radius 3 is 2.82 bits per heavy atom. The lowest BCUT2D eigenvalue weighted by atomic mass is 9.55. The number of rotatable bonds is 4. The number of hydrogen-bond acceptors (Lipinski definition) is 4. The van der Waals surface area contributed by atoms with Crippen molar-refractivity contribution in [2.75, 3.05) is 19.8 Å². The lowest BCUT2D eigenvalue weighted by molar-refractivity contribution is -0.159. The Kier molecular flexibility index (Phi) is 5.05. The highest BCUT2D eigenvalue weighted by molar-refractivity contribution is 5.83. The van der Waals surface area contributed by atoms with Gasteiger partial charge in [0.25, 0.3) is 0 Å². The smallest absolute Gasteiger partial charge is 0.240 e. The van der Waals surface area contributed by atoms with Gasteiger partial charge in [-0.25, -0.2) is 0 Å². The third kappa shape index (κ3) is 2.91. The average molecular weight is 310 g/mol. The average Bonchev–Trinajstić information content (AvgIpc) is 2.55. The van der Waals surface area contributed by atoms with Gasteiger partial charge in [0.2, 0.25) is 5.91 Å². The van der Waals surface area contributed by atoms with Gasteiger partial charge in [-0.2, -0.15) is 0 Å². The van der Waals surface area contributed by atoms with Gasteiger partial charge < -0.3 is 20.1 Å². The molecule has 1 amide bonds. The summed E-state index contributed by atoms with van der Waals surface area (Å²) in [6.45, 7) is 6.23. The summed E-state index contributed by atoms with van der Waals surface area (Å²) in [6.07, 6.45) is 7.45. The zero-order chi connectivity index (χ0) is 15.6. The first-order chi connectivity index (χ1) is 10.7. The van der Waals surface area contributed by atoms with Gasteiger partial charge in [-0.3, -0.25) is 4.79 Å². The van der Waals surface area contributed by atoms with Crippen molar-refractivity contribution in [2.45, 2.75) is 76.7 Å². The molecule has 0 aromatic rings. The molecule has 4 atom stereocenters. The topological polar surface area (TPSA) is 59.6 Å². The lowest BCUT2D eigenvalue weighted by Gasteiger charge is -2.58. The Labute approximate surface area is 133 Å². The van der Waals surface area contributed by atoms with Gasteiger partial charge in [0.1, 0.15) is 6.04 Å². The molecule has 1 aliphatic heterocycles. The van der Waals surface area contributed by atoms with Crippen LogP contribution in [-0.4, -0.2) is 50.0 Å². The molecule has 0 bridgehead atoms. The van der Waals surface area contributed by atoms with Gasteiger partial charge in [0.15, 0.2) is 0 Å². The summed E-state index contributed by atoms with van der Waals surface area (Å²) in [5.74, 6) is 0.0945. The van der Waals surface area contributed by atoms with E-state index in [4.69, 9.17) is 9.47 Å². The van der Waals surface area contributed by atoms with Crippen molar-refractivity contribution in [1.29, 1.82) is 0 Å². The molecule has 22 heavy (non-hydrogen) atoms. The van der Waals surface area contributed by atoms with Crippen molar-refractivity contribution in [3.63, 3.8) is 0 Å². The molecular formula is C17H30N2O3. The van der Waals surface area contributed by atoms with Crippen LogP contribution < -0.4 is 10.6 Å². The molecule has 0 radical (unpaired) electrons. The highest BCUT2D eigenvalue weighted by Gasteiger charge is 2.56. The predicted octanol–water partition coefficient (Wildman–Crippen LogP) is 1.61. The summed E-state index contributed by atoms with van der Waals surface area (Å²) in [7, 11) is 0. The van der Waals surface area contributed by atoms with E-state index in [2.05, 4.69) is 17.6 Å². The molecule has 1 saturated heterocycles. The normalized spacial score (nSPS) is 37.5. The minimum Gasteiger partial charge on any atom is -0.378 e. The molecule has 2 unspecified atom stereocenters. The molecule has 126 valence electrons. The molecule has 0 aromatic carbocycles. The van der Waals surface area contributed by atoms with Crippen LogP contribution >= 0.6 is 0 Å². The highest BCUT2D eigenvalue weighted by Crippen LogP contribution is 2.53. The van der Waals surface area contributed by atoms with Gasteiger partial charge >= 0.3 is 0 Å². The quantitative estimate of drug-likeness (QED) is 0.828. The fourth-order valence-corrected chi connectivity index (χ4v) is 4.55. The largest absolute Gasteiger partial charge is 0.378 e. The molecule has 3 rings (SSSR count). The van der Waals surface area contributed by atoms with Crippen molar-refractivity contribution in [3.05, 3.63) is 0 Å². The molecule has 5 heteroatoms. The van der Waals surface area contributed by atoms with E-state index in [0.29, 0.717) is 12.7 Å². The van der Waals surface area contributed by atoms with Crippen molar-refractivity contribution >= 4 is 5.91 Å². The summed E-state index contributed by atoms with van der Waals surface area (Å²) < 4.78 is 11.6. The van der Waals surface area contributed by atoms with Gasteiger partial charge in [0, 0.05) is 24.6 Å². The molecule has 2 aliphatic carbocycles. The van der Waals surface area contributed by atoms with Crippen LogP contribution in [0.25, 0.3) is 0 Å². The van der Waals surface area contributed by atoms with Crippen molar-refractivity contribution in [1.82, 2.24) is 10.6 Å². The minimum atomic E-state index is -0.222. The third-order valence-corrected chi connectivity index (χ3v) is 5.85. The molecule has 2 N–H and O–H groups in total. The van der Waals surface area contributed by atoms with E-state index in [1.165, 1.54) is 32.1 Å². The summed E-state index contributed by atoms with van der Waals surface area (Å²) in [4.78, 5) is 12.6. The highest BCUT2D eigenvalue weighted by atomic mass is 16.5. The number of carbonyl (C=O) groups excluding carboxylic acids is 1. The molecule has 1 spiro atoms. The fraction of sp³-hybridized carbons (Fsp3) is 0.941. The zero-order valence-corrected chi connectivity index (χ0v) is 13.9. The number of ether oxygens (including phenoxy) is 2. The van der Waals surface area contributed by atoms with Crippen LogP contribution in [0.1, 0.15) is 52.4 Å². The van der Waals surface area contributed by atoms with E-state index in [0.717, 1.165) is 19.6 Å². The van der Waals surface area contributed by atoms with Crippen LogP contribution in [0.3, 0.4) is 0 Å². The Morgan fingerprint density at radius 1 is 1.36 bits per heavy atom. The molecule has 1 heterocycles. The molecular weight excluding hydrogens is 280 g/mol. The number of nitrogens with one attached hydrogen (secondary N) is 2. The first-order valence-corrected chi connectivity index (χ1v) is 8.94. The van der Waals surface area contributed by atoms with E-state index in [1.54, 1.807) is 0 Å². The second kappa shape index (κ2) is 6.85. The van der Waals surface area contributed by atoms with Crippen LogP contribution in [0.5, 0.6) is 0 Å². The Balaban J connectivity index is 1.62. The zero-order valence-electron chi connectivity index (χ0n) is 13.9. The van der Waals surface area contributed by atoms with Crippen molar-refractivity contribution in [3.8, 4) is 0 Å².